The number of piperidine rings is 1. The molecule has 4 rings (SSSR count). The monoisotopic (exact) mass is 409 g/mol. The molecule has 1 aromatic heterocycles. The van der Waals surface area contributed by atoms with Crippen LogP contribution in [0.2, 0.25) is 0 Å². The number of hydrogen-bond donors (Lipinski definition) is 0. The highest BCUT2D eigenvalue weighted by molar-refractivity contribution is 7.13. The molecule has 0 spiro atoms. The molecule has 0 N–H and O–H groups in total. The van der Waals surface area contributed by atoms with E-state index in [-0.39, 0.29) is 5.91 Å². The van der Waals surface area contributed by atoms with E-state index >= 15 is 0 Å². The Morgan fingerprint density at radius 2 is 1.82 bits per heavy atom. The highest BCUT2D eigenvalue weighted by atomic mass is 32.1. The lowest BCUT2D eigenvalue weighted by molar-refractivity contribution is -0.137. The number of rotatable bonds is 3. The highest BCUT2D eigenvalue weighted by Gasteiger charge is 2.31. The normalized spacial score (nSPS) is 19.3. The minimum Gasteiger partial charge on any atom is -0.337 e. The number of halogens is 3. The first-order chi connectivity index (χ1) is 13.4. The van der Waals surface area contributed by atoms with Gasteiger partial charge in [0.2, 0.25) is 0 Å². The van der Waals surface area contributed by atoms with Crippen LogP contribution in [0.4, 0.5) is 13.2 Å². The maximum Gasteiger partial charge on any atom is 0.416 e. The Morgan fingerprint density at radius 1 is 1.11 bits per heavy atom. The number of hydrogen-bond acceptors (Lipinski definition) is 4. The van der Waals surface area contributed by atoms with Crippen molar-refractivity contribution in [3.05, 3.63) is 40.9 Å². The SMILES string of the molecule is O=C(c1csc(-c2cccc(C(F)(F)F)c2)n1)N1CCC(N2CCCC2)CC1. The van der Waals surface area contributed by atoms with Crippen molar-refractivity contribution in [2.45, 2.75) is 37.9 Å². The molecule has 2 aromatic rings. The second kappa shape index (κ2) is 7.83. The third-order valence-electron chi connectivity index (χ3n) is 5.57. The molecule has 0 aliphatic carbocycles. The topological polar surface area (TPSA) is 36.4 Å². The van der Waals surface area contributed by atoms with Crippen LogP contribution in [0.5, 0.6) is 0 Å². The van der Waals surface area contributed by atoms with Crippen molar-refractivity contribution in [2.75, 3.05) is 26.2 Å². The second-order valence-electron chi connectivity index (χ2n) is 7.38. The smallest absolute Gasteiger partial charge is 0.337 e. The van der Waals surface area contributed by atoms with Gasteiger partial charge >= 0.3 is 6.18 Å². The fourth-order valence-electron chi connectivity index (χ4n) is 4.04. The first kappa shape index (κ1) is 19.4. The summed E-state index contributed by atoms with van der Waals surface area (Å²) in [5, 5.41) is 2.08. The lowest BCUT2D eigenvalue weighted by Gasteiger charge is -2.36. The zero-order valence-corrected chi connectivity index (χ0v) is 16.2. The number of likely N-dealkylation sites (tertiary alicyclic amines) is 2. The van der Waals surface area contributed by atoms with Gasteiger partial charge in [-0.05, 0) is 50.9 Å². The first-order valence-corrected chi connectivity index (χ1v) is 10.5. The molecule has 0 unspecified atom stereocenters. The molecule has 8 heteroatoms. The lowest BCUT2D eigenvalue weighted by atomic mass is 10.0. The van der Waals surface area contributed by atoms with Gasteiger partial charge in [0.05, 0.1) is 5.56 Å². The summed E-state index contributed by atoms with van der Waals surface area (Å²) < 4.78 is 38.8. The van der Waals surface area contributed by atoms with E-state index in [0.29, 0.717) is 35.4 Å². The molecule has 4 nitrogen and oxygen atoms in total. The lowest BCUT2D eigenvalue weighted by Crippen LogP contribution is -2.46. The van der Waals surface area contributed by atoms with Crippen LogP contribution in [0.1, 0.15) is 41.7 Å². The fraction of sp³-hybridized carbons (Fsp3) is 0.500. The summed E-state index contributed by atoms with van der Waals surface area (Å²) in [5.41, 5.74) is -0.0132. The summed E-state index contributed by atoms with van der Waals surface area (Å²) in [6, 6.07) is 5.62. The molecule has 2 aliphatic heterocycles. The van der Waals surface area contributed by atoms with E-state index in [1.807, 2.05) is 4.90 Å². The van der Waals surface area contributed by atoms with Crippen LogP contribution >= 0.6 is 11.3 Å². The Hall–Kier alpha value is -1.93. The molecular formula is C20H22F3N3OS. The van der Waals surface area contributed by atoms with Crippen molar-refractivity contribution in [3.63, 3.8) is 0 Å². The summed E-state index contributed by atoms with van der Waals surface area (Å²) in [6.07, 6.45) is 0.0604. The number of thiazole rings is 1. The summed E-state index contributed by atoms with van der Waals surface area (Å²) >= 11 is 1.20. The van der Waals surface area contributed by atoms with E-state index < -0.39 is 11.7 Å². The summed E-state index contributed by atoms with van der Waals surface area (Å²) in [6.45, 7) is 3.73. The predicted octanol–water partition coefficient (Wildman–Crippen LogP) is 4.53. The number of benzene rings is 1. The van der Waals surface area contributed by atoms with E-state index in [9.17, 15) is 18.0 Å². The predicted molar refractivity (Wildman–Crippen MR) is 102 cm³/mol. The van der Waals surface area contributed by atoms with Crippen molar-refractivity contribution >= 4 is 17.2 Å². The molecule has 0 radical (unpaired) electrons. The largest absolute Gasteiger partial charge is 0.416 e. The number of amides is 1. The van der Waals surface area contributed by atoms with E-state index in [2.05, 4.69) is 9.88 Å². The number of alkyl halides is 3. The zero-order valence-electron chi connectivity index (χ0n) is 15.4. The average molecular weight is 409 g/mol. The molecule has 2 aliphatic rings. The molecule has 3 heterocycles. The van der Waals surface area contributed by atoms with Gasteiger partial charge in [-0.15, -0.1) is 11.3 Å². The van der Waals surface area contributed by atoms with Gasteiger partial charge in [-0.2, -0.15) is 13.2 Å². The van der Waals surface area contributed by atoms with Crippen LogP contribution in [-0.2, 0) is 6.18 Å². The van der Waals surface area contributed by atoms with Crippen molar-refractivity contribution in [1.82, 2.24) is 14.8 Å². The summed E-state index contributed by atoms with van der Waals surface area (Å²) in [5.74, 6) is -0.130. The Labute approximate surface area is 166 Å². The minimum atomic E-state index is -4.40. The van der Waals surface area contributed by atoms with Gasteiger partial charge in [-0.1, -0.05) is 12.1 Å². The number of carbonyl (C=O) groups excluding carboxylic acids is 1. The molecule has 0 bridgehead atoms. The third kappa shape index (κ3) is 4.07. The van der Waals surface area contributed by atoms with E-state index in [1.54, 1.807) is 11.4 Å². The van der Waals surface area contributed by atoms with Crippen molar-refractivity contribution < 1.29 is 18.0 Å². The highest BCUT2D eigenvalue weighted by Crippen LogP contribution is 2.33. The molecule has 0 saturated carbocycles. The molecule has 0 atom stereocenters. The number of aromatic nitrogens is 1. The van der Waals surface area contributed by atoms with Gasteiger partial charge in [0.25, 0.3) is 5.91 Å². The number of carbonyl (C=O) groups is 1. The minimum absolute atomic E-state index is 0.130. The average Bonchev–Trinajstić information content (AvgIpc) is 3.39. The fourth-order valence-corrected chi connectivity index (χ4v) is 4.83. The molecule has 2 saturated heterocycles. The molecule has 28 heavy (non-hydrogen) atoms. The number of nitrogens with zero attached hydrogens (tertiary/aromatic N) is 3. The molecule has 1 amide bonds. The van der Waals surface area contributed by atoms with E-state index in [4.69, 9.17) is 0 Å². The summed E-state index contributed by atoms with van der Waals surface area (Å²) in [7, 11) is 0. The van der Waals surface area contributed by atoms with E-state index in [1.165, 1.54) is 30.2 Å². The maximum atomic E-state index is 12.9. The van der Waals surface area contributed by atoms with Gasteiger partial charge in [0.15, 0.2) is 0 Å². The Kier molecular flexibility index (Phi) is 5.42. The van der Waals surface area contributed by atoms with Gasteiger partial charge in [0, 0.05) is 30.1 Å². The van der Waals surface area contributed by atoms with E-state index in [0.717, 1.165) is 38.1 Å². The second-order valence-corrected chi connectivity index (χ2v) is 8.24. The van der Waals surface area contributed by atoms with Gasteiger partial charge in [-0.25, -0.2) is 4.98 Å². The molecule has 150 valence electrons. The van der Waals surface area contributed by atoms with Crippen LogP contribution in [0.15, 0.2) is 29.6 Å². The van der Waals surface area contributed by atoms with Crippen LogP contribution in [0.25, 0.3) is 10.6 Å². The zero-order chi connectivity index (χ0) is 19.7. The Morgan fingerprint density at radius 3 is 2.50 bits per heavy atom. The van der Waals surface area contributed by atoms with Crippen LogP contribution in [-0.4, -0.2) is 52.9 Å². The van der Waals surface area contributed by atoms with Crippen molar-refractivity contribution in [2.24, 2.45) is 0 Å². The standard InChI is InChI=1S/C20H22F3N3OS/c21-20(22,23)15-5-3-4-14(12-15)18-24-17(13-28-18)19(27)26-10-6-16(7-11-26)25-8-1-2-9-25/h3-5,12-13,16H,1-2,6-11H2. The van der Waals surface area contributed by atoms with Crippen LogP contribution in [0.3, 0.4) is 0 Å². The van der Waals surface area contributed by atoms with Gasteiger partial charge < -0.3 is 9.80 Å². The maximum absolute atomic E-state index is 12.9. The first-order valence-electron chi connectivity index (χ1n) is 9.58. The van der Waals surface area contributed by atoms with Crippen molar-refractivity contribution in [1.29, 1.82) is 0 Å². The molecule has 2 fully saturated rings. The van der Waals surface area contributed by atoms with Gasteiger partial charge in [0.1, 0.15) is 10.7 Å². The van der Waals surface area contributed by atoms with Crippen LogP contribution < -0.4 is 0 Å². The Balaban J connectivity index is 1.42. The van der Waals surface area contributed by atoms with Crippen LogP contribution in [0, 0.1) is 0 Å². The molecular weight excluding hydrogens is 387 g/mol. The third-order valence-corrected chi connectivity index (χ3v) is 6.46. The van der Waals surface area contributed by atoms with Crippen molar-refractivity contribution in [3.8, 4) is 10.6 Å². The summed E-state index contributed by atoms with van der Waals surface area (Å²) in [4.78, 5) is 21.4. The van der Waals surface area contributed by atoms with Gasteiger partial charge in [-0.3, -0.25) is 4.79 Å². The molecule has 1 aromatic carbocycles. The quantitative estimate of drug-likeness (QED) is 0.747. The Bertz CT molecular complexity index is 837.